The summed E-state index contributed by atoms with van der Waals surface area (Å²) in [6, 6.07) is 5.92. The summed E-state index contributed by atoms with van der Waals surface area (Å²) in [5.41, 5.74) is 0. The largest absolute Gasteiger partial charge is 0.334 e. The van der Waals surface area contributed by atoms with Gasteiger partial charge in [0.15, 0.2) is 0 Å². The fourth-order valence-electron chi connectivity index (χ4n) is 1.55. The molecule has 1 unspecified atom stereocenters. The van der Waals surface area contributed by atoms with Gasteiger partial charge in [-0.3, -0.25) is 4.21 Å². The molecule has 1 aromatic carbocycles. The molecule has 0 saturated carbocycles. The summed E-state index contributed by atoms with van der Waals surface area (Å²) >= 11 is 0. The van der Waals surface area contributed by atoms with Crippen molar-refractivity contribution >= 4 is 10.8 Å². The summed E-state index contributed by atoms with van der Waals surface area (Å²) in [4.78, 5) is 4.62. The van der Waals surface area contributed by atoms with Crippen molar-refractivity contribution in [3.05, 3.63) is 48.3 Å². The molecule has 0 N–H and O–H groups in total. The quantitative estimate of drug-likeness (QED) is 0.835. The van der Waals surface area contributed by atoms with Crippen molar-refractivity contribution in [3.63, 3.8) is 0 Å². The molecule has 17 heavy (non-hydrogen) atoms. The summed E-state index contributed by atoms with van der Waals surface area (Å²) in [6.07, 6.45) is 3.55. The zero-order valence-corrected chi connectivity index (χ0v) is 10.3. The number of benzene rings is 1. The number of imidazole rings is 1. The first-order chi connectivity index (χ1) is 8.16. The highest BCUT2D eigenvalue weighted by Crippen LogP contribution is 2.09. The van der Waals surface area contributed by atoms with Gasteiger partial charge in [0.05, 0.1) is 10.8 Å². The van der Waals surface area contributed by atoms with Crippen LogP contribution in [0.1, 0.15) is 5.82 Å². The van der Waals surface area contributed by atoms with Gasteiger partial charge < -0.3 is 4.57 Å². The summed E-state index contributed by atoms with van der Waals surface area (Å²) in [6.45, 7) is 2.51. The molecule has 0 aliphatic heterocycles. The van der Waals surface area contributed by atoms with Crippen molar-refractivity contribution in [3.8, 4) is 0 Å². The smallest absolute Gasteiger partial charge is 0.124 e. The average Bonchev–Trinajstić information content (AvgIpc) is 2.72. The monoisotopic (exact) mass is 252 g/mol. The Morgan fingerprint density at radius 2 is 2.29 bits per heavy atom. The van der Waals surface area contributed by atoms with Gasteiger partial charge in [-0.05, 0) is 25.1 Å². The van der Waals surface area contributed by atoms with Gasteiger partial charge in [-0.2, -0.15) is 0 Å². The third kappa shape index (κ3) is 3.00. The van der Waals surface area contributed by atoms with Crippen LogP contribution in [-0.4, -0.2) is 19.5 Å². The summed E-state index contributed by atoms with van der Waals surface area (Å²) in [5.74, 6) is 0.997. The van der Waals surface area contributed by atoms with Crippen LogP contribution in [0.15, 0.2) is 41.6 Å². The van der Waals surface area contributed by atoms with E-state index < -0.39 is 10.8 Å². The van der Waals surface area contributed by atoms with E-state index in [9.17, 15) is 8.60 Å². The van der Waals surface area contributed by atoms with Gasteiger partial charge in [0, 0.05) is 29.6 Å². The molecule has 1 heterocycles. The molecule has 0 saturated heterocycles. The van der Waals surface area contributed by atoms with Crippen LogP contribution >= 0.6 is 0 Å². The maximum absolute atomic E-state index is 13.0. The van der Waals surface area contributed by atoms with E-state index in [1.165, 1.54) is 12.1 Å². The van der Waals surface area contributed by atoms with Crippen LogP contribution in [0.2, 0.25) is 0 Å². The zero-order valence-electron chi connectivity index (χ0n) is 9.47. The minimum absolute atomic E-state index is 0.352. The normalized spacial score (nSPS) is 12.6. The Kier molecular flexibility index (Phi) is 3.68. The molecule has 0 radical (unpaired) electrons. The van der Waals surface area contributed by atoms with E-state index in [2.05, 4.69) is 4.98 Å². The van der Waals surface area contributed by atoms with Crippen LogP contribution in [0.25, 0.3) is 0 Å². The summed E-state index contributed by atoms with van der Waals surface area (Å²) in [5, 5.41) is 0. The molecule has 5 heteroatoms. The van der Waals surface area contributed by atoms with Gasteiger partial charge in [0.2, 0.25) is 0 Å². The first kappa shape index (κ1) is 12.0. The fourth-order valence-corrected chi connectivity index (χ4v) is 2.62. The standard InChI is InChI=1S/C12H13FN2OS/c1-10-14-5-6-15(10)7-8-17(16)12-4-2-3-11(13)9-12/h2-6,9H,7-8H2,1H3. The van der Waals surface area contributed by atoms with Crippen molar-refractivity contribution in [2.24, 2.45) is 0 Å². The van der Waals surface area contributed by atoms with E-state index in [1.54, 1.807) is 18.3 Å². The van der Waals surface area contributed by atoms with Gasteiger partial charge in [-0.15, -0.1) is 0 Å². The number of hydrogen-bond donors (Lipinski definition) is 0. The molecule has 0 aliphatic rings. The van der Waals surface area contributed by atoms with Crippen LogP contribution < -0.4 is 0 Å². The third-order valence-electron chi connectivity index (χ3n) is 2.50. The lowest BCUT2D eigenvalue weighted by Gasteiger charge is -2.05. The fraction of sp³-hybridized carbons (Fsp3) is 0.250. The first-order valence-corrected chi connectivity index (χ1v) is 6.60. The predicted molar refractivity (Wildman–Crippen MR) is 64.6 cm³/mol. The first-order valence-electron chi connectivity index (χ1n) is 5.28. The van der Waals surface area contributed by atoms with Crippen molar-refractivity contribution in [1.29, 1.82) is 0 Å². The van der Waals surface area contributed by atoms with Crippen LogP contribution in [0.5, 0.6) is 0 Å². The second kappa shape index (κ2) is 5.23. The molecule has 90 valence electrons. The second-order valence-corrected chi connectivity index (χ2v) is 5.25. The van der Waals surface area contributed by atoms with Crippen molar-refractivity contribution in [2.75, 3.05) is 5.75 Å². The average molecular weight is 252 g/mol. The van der Waals surface area contributed by atoms with E-state index in [0.29, 0.717) is 17.2 Å². The van der Waals surface area contributed by atoms with Gasteiger partial charge in [-0.1, -0.05) is 6.07 Å². The van der Waals surface area contributed by atoms with Gasteiger partial charge in [0.1, 0.15) is 11.6 Å². The lowest BCUT2D eigenvalue weighted by molar-refractivity contribution is 0.622. The summed E-state index contributed by atoms with van der Waals surface area (Å²) in [7, 11) is -1.18. The Morgan fingerprint density at radius 1 is 1.47 bits per heavy atom. The SMILES string of the molecule is Cc1nccn1CCS(=O)c1cccc(F)c1. The van der Waals surface area contributed by atoms with Crippen LogP contribution in [0, 0.1) is 12.7 Å². The van der Waals surface area contributed by atoms with Crippen LogP contribution in [0.4, 0.5) is 4.39 Å². The molecule has 2 rings (SSSR count). The molecule has 0 spiro atoms. The molecule has 0 bridgehead atoms. The Labute approximate surface area is 102 Å². The Balaban J connectivity index is 2.01. The van der Waals surface area contributed by atoms with Crippen molar-refractivity contribution in [2.45, 2.75) is 18.4 Å². The predicted octanol–water partition coefficient (Wildman–Crippen LogP) is 2.14. The van der Waals surface area contributed by atoms with E-state index in [0.717, 1.165) is 5.82 Å². The number of hydrogen-bond acceptors (Lipinski definition) is 2. The van der Waals surface area contributed by atoms with E-state index in [4.69, 9.17) is 0 Å². The highest BCUT2D eigenvalue weighted by Gasteiger charge is 2.06. The molecular formula is C12H13FN2OS. The number of nitrogens with zero attached hydrogens (tertiary/aromatic N) is 2. The van der Waals surface area contributed by atoms with Gasteiger partial charge in [-0.25, -0.2) is 9.37 Å². The minimum Gasteiger partial charge on any atom is -0.334 e. The molecular weight excluding hydrogens is 239 g/mol. The molecule has 0 amide bonds. The number of rotatable bonds is 4. The highest BCUT2D eigenvalue weighted by atomic mass is 32.2. The molecule has 0 fully saturated rings. The Bertz CT molecular complexity index is 539. The van der Waals surface area contributed by atoms with E-state index >= 15 is 0 Å². The van der Waals surface area contributed by atoms with E-state index in [-0.39, 0.29) is 5.82 Å². The lowest BCUT2D eigenvalue weighted by Crippen LogP contribution is -2.08. The maximum atomic E-state index is 13.0. The topological polar surface area (TPSA) is 34.9 Å². The molecule has 1 aromatic heterocycles. The Morgan fingerprint density at radius 3 is 2.94 bits per heavy atom. The maximum Gasteiger partial charge on any atom is 0.124 e. The lowest BCUT2D eigenvalue weighted by atomic mass is 10.4. The number of halogens is 1. The van der Waals surface area contributed by atoms with Gasteiger partial charge >= 0.3 is 0 Å². The molecule has 2 aromatic rings. The zero-order chi connectivity index (χ0) is 12.3. The molecule has 3 nitrogen and oxygen atoms in total. The minimum atomic E-state index is -1.18. The molecule has 1 atom stereocenters. The highest BCUT2D eigenvalue weighted by molar-refractivity contribution is 7.85. The molecule has 0 aliphatic carbocycles. The number of aromatic nitrogens is 2. The number of aryl methyl sites for hydroxylation is 2. The third-order valence-corrected chi connectivity index (χ3v) is 3.83. The summed E-state index contributed by atoms with van der Waals surface area (Å²) < 4.78 is 26.8. The van der Waals surface area contributed by atoms with Crippen molar-refractivity contribution < 1.29 is 8.60 Å². The second-order valence-electron chi connectivity index (χ2n) is 3.67. The van der Waals surface area contributed by atoms with Gasteiger partial charge in [0.25, 0.3) is 0 Å². The van der Waals surface area contributed by atoms with Crippen molar-refractivity contribution in [1.82, 2.24) is 9.55 Å². The van der Waals surface area contributed by atoms with E-state index in [1.807, 2.05) is 17.7 Å². The van der Waals surface area contributed by atoms with Crippen LogP contribution in [0.3, 0.4) is 0 Å². The van der Waals surface area contributed by atoms with Crippen LogP contribution in [-0.2, 0) is 17.3 Å². The Hall–Kier alpha value is -1.49.